The zero-order chi connectivity index (χ0) is 16.8. The van der Waals surface area contributed by atoms with Crippen molar-refractivity contribution in [2.75, 3.05) is 6.61 Å². The van der Waals surface area contributed by atoms with Crippen molar-refractivity contribution in [3.8, 4) is 11.8 Å². The van der Waals surface area contributed by atoms with Crippen molar-refractivity contribution in [1.29, 1.82) is 5.26 Å². The van der Waals surface area contributed by atoms with Gasteiger partial charge in [-0.1, -0.05) is 6.07 Å². The fraction of sp³-hybridized carbons (Fsp3) is 0.467. The molecule has 2 N–H and O–H groups in total. The minimum Gasteiger partial charge on any atom is -0.489 e. The molecule has 0 spiro atoms. The van der Waals surface area contributed by atoms with Crippen LogP contribution in [0.1, 0.15) is 31.2 Å². The number of carbonyl (C=O) groups is 1. The quantitative estimate of drug-likeness (QED) is 0.655. The molecule has 0 unspecified atom stereocenters. The number of hydrogen-bond acceptors (Lipinski definition) is 6. The molecule has 1 aliphatic rings. The van der Waals surface area contributed by atoms with E-state index in [0.717, 1.165) is 25.7 Å². The van der Waals surface area contributed by atoms with Crippen molar-refractivity contribution in [1.82, 2.24) is 0 Å². The Hall–Kier alpha value is -2.82. The SMILES string of the molecule is N#Cc1c(O[C@H]2CC[C@H](COC(N)=O)CC2)cccc1[N+](=O)[O-]. The summed E-state index contributed by atoms with van der Waals surface area (Å²) in [5.74, 6) is 0.474. The maximum absolute atomic E-state index is 10.9. The fourth-order valence-corrected chi connectivity index (χ4v) is 2.68. The van der Waals surface area contributed by atoms with Crippen LogP contribution in [0.2, 0.25) is 0 Å². The predicted molar refractivity (Wildman–Crippen MR) is 79.7 cm³/mol. The average Bonchev–Trinajstić information content (AvgIpc) is 2.53. The summed E-state index contributed by atoms with van der Waals surface area (Å²) in [7, 11) is 0. The summed E-state index contributed by atoms with van der Waals surface area (Å²) < 4.78 is 10.6. The van der Waals surface area contributed by atoms with Gasteiger partial charge in [0.05, 0.1) is 17.6 Å². The topological polar surface area (TPSA) is 128 Å². The van der Waals surface area contributed by atoms with Gasteiger partial charge in [0.1, 0.15) is 11.8 Å². The maximum atomic E-state index is 10.9. The highest BCUT2D eigenvalue weighted by Crippen LogP contribution is 2.32. The number of nitrogens with zero attached hydrogens (tertiary/aromatic N) is 2. The molecule has 1 saturated carbocycles. The van der Waals surface area contributed by atoms with Gasteiger partial charge in [-0.25, -0.2) is 4.79 Å². The second kappa shape index (κ2) is 7.45. The first-order valence-corrected chi connectivity index (χ1v) is 7.27. The van der Waals surface area contributed by atoms with E-state index in [0.29, 0.717) is 6.61 Å². The number of nitro benzene ring substituents is 1. The van der Waals surface area contributed by atoms with E-state index in [1.165, 1.54) is 12.1 Å². The van der Waals surface area contributed by atoms with Gasteiger partial charge in [0, 0.05) is 6.07 Å². The van der Waals surface area contributed by atoms with Crippen molar-refractivity contribution in [3.63, 3.8) is 0 Å². The minimum atomic E-state index is -0.779. The van der Waals surface area contributed by atoms with Crippen LogP contribution in [-0.2, 0) is 4.74 Å². The first-order valence-electron chi connectivity index (χ1n) is 7.27. The average molecular weight is 319 g/mol. The molecule has 1 aromatic carbocycles. The molecule has 0 aliphatic heterocycles. The van der Waals surface area contributed by atoms with Crippen molar-refractivity contribution < 1.29 is 19.2 Å². The molecule has 1 amide bonds. The number of benzene rings is 1. The molecule has 0 atom stereocenters. The smallest absolute Gasteiger partial charge is 0.404 e. The standard InChI is InChI=1S/C15H17N3O5/c16-8-12-13(18(20)21)2-1-3-14(12)23-11-6-4-10(5-7-11)9-22-15(17)19/h1-3,10-11H,4-7,9H2,(H2,17,19)/t10-,11-. The third-order valence-corrected chi connectivity index (χ3v) is 3.86. The highest BCUT2D eigenvalue weighted by atomic mass is 16.6. The summed E-state index contributed by atoms with van der Waals surface area (Å²) in [6.45, 7) is 0.294. The second-order valence-corrected chi connectivity index (χ2v) is 5.41. The van der Waals surface area contributed by atoms with Crippen LogP contribution in [0.5, 0.6) is 5.75 Å². The Morgan fingerprint density at radius 1 is 1.39 bits per heavy atom. The molecule has 8 heteroatoms. The Labute approximate surface area is 132 Å². The van der Waals surface area contributed by atoms with Gasteiger partial charge in [0.2, 0.25) is 0 Å². The van der Waals surface area contributed by atoms with Crippen LogP contribution in [0.4, 0.5) is 10.5 Å². The Morgan fingerprint density at radius 2 is 2.09 bits per heavy atom. The van der Waals surface area contributed by atoms with E-state index >= 15 is 0 Å². The van der Waals surface area contributed by atoms with Gasteiger partial charge in [-0.05, 0) is 37.7 Å². The summed E-state index contributed by atoms with van der Waals surface area (Å²) in [6.07, 6.45) is 2.15. The summed E-state index contributed by atoms with van der Waals surface area (Å²) in [6, 6.07) is 6.18. The van der Waals surface area contributed by atoms with Gasteiger partial charge in [0.25, 0.3) is 5.69 Å². The number of nitro groups is 1. The number of nitriles is 1. The van der Waals surface area contributed by atoms with E-state index in [-0.39, 0.29) is 29.0 Å². The van der Waals surface area contributed by atoms with Crippen LogP contribution in [-0.4, -0.2) is 23.7 Å². The highest BCUT2D eigenvalue weighted by molar-refractivity contribution is 5.64. The van der Waals surface area contributed by atoms with E-state index in [1.807, 2.05) is 6.07 Å². The van der Waals surface area contributed by atoms with Crippen LogP contribution in [0.15, 0.2) is 18.2 Å². The molecule has 8 nitrogen and oxygen atoms in total. The number of hydrogen-bond donors (Lipinski definition) is 1. The molecule has 0 aromatic heterocycles. The van der Waals surface area contributed by atoms with E-state index < -0.39 is 11.0 Å². The van der Waals surface area contributed by atoms with Crippen molar-refractivity contribution >= 4 is 11.8 Å². The molecular weight excluding hydrogens is 302 g/mol. The summed E-state index contributed by atoms with van der Waals surface area (Å²) in [5, 5.41) is 20.1. The Morgan fingerprint density at radius 3 is 2.65 bits per heavy atom. The molecule has 2 rings (SSSR count). The lowest BCUT2D eigenvalue weighted by molar-refractivity contribution is -0.385. The minimum absolute atomic E-state index is 0.0586. The number of amides is 1. The molecular formula is C15H17N3O5. The lowest BCUT2D eigenvalue weighted by Gasteiger charge is -2.28. The van der Waals surface area contributed by atoms with E-state index in [2.05, 4.69) is 0 Å². The van der Waals surface area contributed by atoms with Gasteiger partial charge in [-0.2, -0.15) is 5.26 Å². The fourth-order valence-electron chi connectivity index (χ4n) is 2.68. The normalized spacial score (nSPS) is 20.3. The molecule has 0 radical (unpaired) electrons. The zero-order valence-corrected chi connectivity index (χ0v) is 12.4. The summed E-state index contributed by atoms with van der Waals surface area (Å²) in [4.78, 5) is 20.9. The molecule has 0 heterocycles. The molecule has 1 aliphatic carbocycles. The Bertz CT molecular complexity index is 632. The van der Waals surface area contributed by atoms with Crippen molar-refractivity contribution in [2.24, 2.45) is 11.7 Å². The van der Waals surface area contributed by atoms with Crippen LogP contribution in [0.3, 0.4) is 0 Å². The molecule has 122 valence electrons. The van der Waals surface area contributed by atoms with Gasteiger partial charge >= 0.3 is 6.09 Å². The number of carbonyl (C=O) groups excluding carboxylic acids is 1. The number of primary amides is 1. The van der Waals surface area contributed by atoms with Gasteiger partial charge in [0.15, 0.2) is 5.56 Å². The molecule has 0 bridgehead atoms. The van der Waals surface area contributed by atoms with Crippen LogP contribution < -0.4 is 10.5 Å². The monoisotopic (exact) mass is 319 g/mol. The van der Waals surface area contributed by atoms with E-state index in [4.69, 9.17) is 20.5 Å². The first kappa shape index (κ1) is 16.5. The van der Waals surface area contributed by atoms with E-state index in [1.54, 1.807) is 6.07 Å². The number of rotatable bonds is 5. The van der Waals surface area contributed by atoms with E-state index in [9.17, 15) is 14.9 Å². The van der Waals surface area contributed by atoms with Gasteiger partial charge in [-0.15, -0.1) is 0 Å². The van der Waals surface area contributed by atoms with Crippen LogP contribution in [0.25, 0.3) is 0 Å². The Kier molecular flexibility index (Phi) is 5.36. The van der Waals surface area contributed by atoms with Gasteiger partial charge in [-0.3, -0.25) is 10.1 Å². The second-order valence-electron chi connectivity index (χ2n) is 5.41. The molecule has 1 aromatic rings. The molecule has 23 heavy (non-hydrogen) atoms. The first-order chi connectivity index (χ1) is 11.0. The van der Waals surface area contributed by atoms with Crippen LogP contribution >= 0.6 is 0 Å². The maximum Gasteiger partial charge on any atom is 0.404 e. The van der Waals surface area contributed by atoms with Gasteiger partial charge < -0.3 is 15.2 Å². The van der Waals surface area contributed by atoms with Crippen molar-refractivity contribution in [3.05, 3.63) is 33.9 Å². The third kappa shape index (κ3) is 4.32. The number of nitrogens with two attached hydrogens (primary N) is 1. The summed E-state index contributed by atoms with van der Waals surface area (Å²) >= 11 is 0. The lowest BCUT2D eigenvalue weighted by atomic mass is 9.88. The third-order valence-electron chi connectivity index (χ3n) is 3.86. The largest absolute Gasteiger partial charge is 0.489 e. The summed E-state index contributed by atoms with van der Waals surface area (Å²) in [5.41, 5.74) is 4.62. The predicted octanol–water partition coefficient (Wildman–Crippen LogP) is 2.50. The Balaban J connectivity index is 1.97. The van der Waals surface area contributed by atoms with Crippen LogP contribution in [0, 0.1) is 27.4 Å². The number of ether oxygens (including phenoxy) is 2. The zero-order valence-electron chi connectivity index (χ0n) is 12.4. The molecule has 1 fully saturated rings. The highest BCUT2D eigenvalue weighted by Gasteiger charge is 2.25. The molecule has 0 saturated heterocycles. The lowest BCUT2D eigenvalue weighted by Crippen LogP contribution is -2.28. The van der Waals surface area contributed by atoms with Crippen molar-refractivity contribution in [2.45, 2.75) is 31.8 Å².